The molecule has 0 saturated carbocycles. The number of hydrogen-bond acceptors (Lipinski definition) is 1. The van der Waals surface area contributed by atoms with Crippen LogP contribution in [-0.2, 0) is 0 Å². The van der Waals surface area contributed by atoms with Crippen molar-refractivity contribution in [2.75, 3.05) is 0 Å². The van der Waals surface area contributed by atoms with E-state index in [1.54, 1.807) is 0 Å². The summed E-state index contributed by atoms with van der Waals surface area (Å²) >= 11 is 0. The van der Waals surface area contributed by atoms with Crippen molar-refractivity contribution in [1.29, 1.82) is 0 Å². The van der Waals surface area contributed by atoms with Gasteiger partial charge in [-0.05, 0) is 38.4 Å². The lowest BCUT2D eigenvalue weighted by Crippen LogP contribution is -2.04. The van der Waals surface area contributed by atoms with E-state index >= 15 is 0 Å². The molecule has 0 spiro atoms. The second kappa shape index (κ2) is 5.82. The molecule has 0 atom stereocenters. The number of fused-ring (bicyclic) bond motifs is 3. The SMILES string of the molecule is O=C(c1cccc2ccccc12)c1c2ccccc2cc2ccccc12. The van der Waals surface area contributed by atoms with Gasteiger partial charge in [0.05, 0.1) is 0 Å². The first-order valence-electron chi connectivity index (χ1n) is 8.76. The quantitative estimate of drug-likeness (QED) is 0.271. The zero-order chi connectivity index (χ0) is 17.5. The fourth-order valence-corrected chi connectivity index (χ4v) is 3.82. The maximum atomic E-state index is 13.7. The number of hydrogen-bond donors (Lipinski definition) is 0. The summed E-state index contributed by atoms with van der Waals surface area (Å²) in [4.78, 5) is 13.7. The van der Waals surface area contributed by atoms with Crippen LogP contribution in [0.1, 0.15) is 15.9 Å². The van der Waals surface area contributed by atoms with Crippen LogP contribution in [0.4, 0.5) is 0 Å². The van der Waals surface area contributed by atoms with Crippen LogP contribution in [0.5, 0.6) is 0 Å². The van der Waals surface area contributed by atoms with Crippen molar-refractivity contribution < 1.29 is 4.79 Å². The van der Waals surface area contributed by atoms with Crippen LogP contribution in [-0.4, -0.2) is 5.78 Å². The van der Waals surface area contributed by atoms with E-state index in [0.29, 0.717) is 0 Å². The molecule has 0 radical (unpaired) electrons. The zero-order valence-electron chi connectivity index (χ0n) is 14.1. The highest BCUT2D eigenvalue weighted by molar-refractivity contribution is 6.27. The summed E-state index contributed by atoms with van der Waals surface area (Å²) in [5.41, 5.74) is 1.54. The first kappa shape index (κ1) is 14.9. The minimum atomic E-state index is 0.0785. The third kappa shape index (κ3) is 2.21. The van der Waals surface area contributed by atoms with Gasteiger partial charge in [0, 0.05) is 11.1 Å². The lowest BCUT2D eigenvalue weighted by molar-refractivity contribution is 0.104. The van der Waals surface area contributed by atoms with Gasteiger partial charge in [0.2, 0.25) is 0 Å². The van der Waals surface area contributed by atoms with E-state index in [1.165, 1.54) is 0 Å². The highest BCUT2D eigenvalue weighted by Crippen LogP contribution is 2.32. The molecule has 0 aliphatic rings. The highest BCUT2D eigenvalue weighted by Gasteiger charge is 2.18. The van der Waals surface area contributed by atoms with E-state index in [1.807, 2.05) is 78.9 Å². The average molecular weight is 332 g/mol. The summed E-state index contributed by atoms with van der Waals surface area (Å²) in [5.74, 6) is 0.0785. The number of benzene rings is 5. The largest absolute Gasteiger partial charge is 0.289 e. The lowest BCUT2D eigenvalue weighted by Gasteiger charge is -2.12. The molecule has 0 heterocycles. The molecule has 0 N–H and O–H groups in total. The number of ketones is 1. The van der Waals surface area contributed by atoms with Crippen molar-refractivity contribution in [3.8, 4) is 0 Å². The molecule has 0 unspecified atom stereocenters. The van der Waals surface area contributed by atoms with E-state index in [0.717, 1.165) is 43.4 Å². The van der Waals surface area contributed by atoms with Gasteiger partial charge in [0.15, 0.2) is 5.78 Å². The summed E-state index contributed by atoms with van der Waals surface area (Å²) in [6, 6.07) is 32.4. The summed E-state index contributed by atoms with van der Waals surface area (Å²) in [7, 11) is 0. The minimum Gasteiger partial charge on any atom is -0.289 e. The standard InChI is InChI=1S/C25H16O/c26-25(23-15-7-11-17-8-1-4-12-20(17)23)24-21-13-5-2-9-18(21)16-19-10-3-6-14-22(19)24/h1-16H. The van der Waals surface area contributed by atoms with Gasteiger partial charge in [0.1, 0.15) is 0 Å². The fraction of sp³-hybridized carbons (Fsp3) is 0. The Labute approximate surface area is 151 Å². The molecule has 0 aliphatic heterocycles. The van der Waals surface area contributed by atoms with Crippen LogP contribution in [0.3, 0.4) is 0 Å². The summed E-state index contributed by atoms with van der Waals surface area (Å²) in [6.07, 6.45) is 0. The fourth-order valence-electron chi connectivity index (χ4n) is 3.82. The van der Waals surface area contributed by atoms with Crippen molar-refractivity contribution in [2.45, 2.75) is 0 Å². The molecular formula is C25H16O. The molecule has 0 saturated heterocycles. The van der Waals surface area contributed by atoms with Crippen molar-refractivity contribution in [3.05, 3.63) is 108 Å². The normalized spacial score (nSPS) is 11.2. The van der Waals surface area contributed by atoms with Crippen LogP contribution in [0, 0.1) is 0 Å². The number of carbonyl (C=O) groups is 1. The van der Waals surface area contributed by atoms with E-state index in [-0.39, 0.29) is 5.78 Å². The van der Waals surface area contributed by atoms with Crippen LogP contribution in [0.15, 0.2) is 97.1 Å². The van der Waals surface area contributed by atoms with Gasteiger partial charge in [0.25, 0.3) is 0 Å². The van der Waals surface area contributed by atoms with Crippen LogP contribution in [0.25, 0.3) is 32.3 Å². The van der Waals surface area contributed by atoms with Gasteiger partial charge in [-0.2, -0.15) is 0 Å². The molecule has 0 aliphatic carbocycles. The molecule has 0 amide bonds. The third-order valence-corrected chi connectivity index (χ3v) is 5.03. The minimum absolute atomic E-state index is 0.0785. The first-order valence-corrected chi connectivity index (χ1v) is 8.76. The molecule has 122 valence electrons. The van der Waals surface area contributed by atoms with Gasteiger partial charge in [-0.15, -0.1) is 0 Å². The van der Waals surface area contributed by atoms with Crippen molar-refractivity contribution >= 4 is 38.1 Å². The second-order valence-electron chi connectivity index (χ2n) is 6.55. The molecule has 1 heteroatoms. The Morgan fingerprint density at radius 3 is 1.65 bits per heavy atom. The predicted octanol–water partition coefficient (Wildman–Crippen LogP) is 6.38. The number of carbonyl (C=O) groups excluding carboxylic acids is 1. The van der Waals surface area contributed by atoms with Gasteiger partial charge in [-0.1, -0.05) is 91.0 Å². The van der Waals surface area contributed by atoms with Crippen LogP contribution in [0.2, 0.25) is 0 Å². The monoisotopic (exact) mass is 332 g/mol. The lowest BCUT2D eigenvalue weighted by atomic mass is 9.90. The van der Waals surface area contributed by atoms with Gasteiger partial charge in [-0.3, -0.25) is 4.79 Å². The topological polar surface area (TPSA) is 17.1 Å². The maximum Gasteiger partial charge on any atom is 0.194 e. The second-order valence-corrected chi connectivity index (χ2v) is 6.55. The Kier molecular flexibility index (Phi) is 3.32. The smallest absolute Gasteiger partial charge is 0.194 e. The Morgan fingerprint density at radius 2 is 1.00 bits per heavy atom. The Bertz CT molecular complexity index is 1240. The number of rotatable bonds is 2. The Hall–Kier alpha value is -3.45. The predicted molar refractivity (Wildman–Crippen MR) is 109 cm³/mol. The Morgan fingerprint density at radius 1 is 0.500 bits per heavy atom. The summed E-state index contributed by atoms with van der Waals surface area (Å²) in [6.45, 7) is 0. The van der Waals surface area contributed by atoms with Crippen molar-refractivity contribution in [1.82, 2.24) is 0 Å². The zero-order valence-corrected chi connectivity index (χ0v) is 14.1. The Balaban J connectivity index is 1.89. The third-order valence-electron chi connectivity index (χ3n) is 5.03. The molecular weight excluding hydrogens is 316 g/mol. The van der Waals surface area contributed by atoms with E-state index < -0.39 is 0 Å². The first-order chi connectivity index (χ1) is 12.8. The van der Waals surface area contributed by atoms with Crippen molar-refractivity contribution in [3.63, 3.8) is 0 Å². The van der Waals surface area contributed by atoms with Crippen LogP contribution >= 0.6 is 0 Å². The van der Waals surface area contributed by atoms with Gasteiger partial charge in [-0.25, -0.2) is 0 Å². The molecule has 1 nitrogen and oxygen atoms in total. The molecule has 0 fully saturated rings. The van der Waals surface area contributed by atoms with Crippen LogP contribution < -0.4 is 0 Å². The molecule has 5 aromatic carbocycles. The summed E-state index contributed by atoms with van der Waals surface area (Å²) in [5, 5.41) is 6.28. The summed E-state index contributed by atoms with van der Waals surface area (Å²) < 4.78 is 0. The van der Waals surface area contributed by atoms with E-state index in [9.17, 15) is 4.79 Å². The van der Waals surface area contributed by atoms with Crippen molar-refractivity contribution in [2.24, 2.45) is 0 Å². The highest BCUT2D eigenvalue weighted by atomic mass is 16.1. The molecule has 5 aromatic rings. The molecule has 0 bridgehead atoms. The molecule has 26 heavy (non-hydrogen) atoms. The maximum absolute atomic E-state index is 13.7. The van der Waals surface area contributed by atoms with Gasteiger partial charge >= 0.3 is 0 Å². The van der Waals surface area contributed by atoms with Gasteiger partial charge < -0.3 is 0 Å². The molecule has 5 rings (SSSR count). The van der Waals surface area contributed by atoms with E-state index in [4.69, 9.17) is 0 Å². The average Bonchev–Trinajstić information content (AvgIpc) is 2.71. The van der Waals surface area contributed by atoms with E-state index in [2.05, 4.69) is 18.2 Å². The molecule has 0 aromatic heterocycles.